The summed E-state index contributed by atoms with van der Waals surface area (Å²) in [6.07, 6.45) is 3.26. The lowest BCUT2D eigenvalue weighted by Gasteiger charge is -2.51. The van der Waals surface area contributed by atoms with Gasteiger partial charge in [0.2, 0.25) is 0 Å². The SMILES string of the molecule is COC[C@]1(OC)CN[C@@H]2CC[C@]1(c1ccc(Cl)c(Cl)c1)C2. The maximum atomic E-state index is 6.26. The van der Waals surface area contributed by atoms with Crippen LogP contribution in [0.5, 0.6) is 0 Å². The number of halogens is 2. The van der Waals surface area contributed by atoms with Gasteiger partial charge in [0.05, 0.1) is 16.7 Å². The van der Waals surface area contributed by atoms with Crippen molar-refractivity contribution in [3.05, 3.63) is 33.8 Å². The largest absolute Gasteiger partial charge is 0.382 e. The molecule has 0 radical (unpaired) electrons. The molecule has 0 spiro atoms. The number of piperidine rings is 1. The molecule has 1 aromatic rings. The van der Waals surface area contributed by atoms with Crippen LogP contribution in [0.1, 0.15) is 24.8 Å². The predicted octanol–water partition coefficient (Wildman–Crippen LogP) is 3.42. The fourth-order valence-corrected chi connectivity index (χ4v) is 4.48. The number of nitrogens with one attached hydrogen (secondary N) is 1. The average Bonchev–Trinajstić information content (AvgIpc) is 2.86. The molecule has 1 saturated heterocycles. The molecule has 3 atom stereocenters. The van der Waals surface area contributed by atoms with Crippen molar-refractivity contribution in [1.29, 1.82) is 0 Å². The van der Waals surface area contributed by atoms with Gasteiger partial charge in [-0.25, -0.2) is 0 Å². The van der Waals surface area contributed by atoms with Crippen LogP contribution < -0.4 is 5.32 Å². The molecule has 0 unspecified atom stereocenters. The fraction of sp³-hybridized carbons (Fsp3) is 0.625. The molecule has 2 fully saturated rings. The normalized spacial score (nSPS) is 35.1. The van der Waals surface area contributed by atoms with E-state index in [4.69, 9.17) is 32.7 Å². The summed E-state index contributed by atoms with van der Waals surface area (Å²) in [6, 6.07) is 6.52. The Morgan fingerprint density at radius 1 is 1.29 bits per heavy atom. The third kappa shape index (κ3) is 2.30. The van der Waals surface area contributed by atoms with E-state index in [1.807, 2.05) is 12.1 Å². The van der Waals surface area contributed by atoms with Gasteiger partial charge in [-0.3, -0.25) is 0 Å². The zero-order valence-corrected chi connectivity index (χ0v) is 13.9. The van der Waals surface area contributed by atoms with Crippen molar-refractivity contribution in [1.82, 2.24) is 5.32 Å². The quantitative estimate of drug-likeness (QED) is 0.918. The Morgan fingerprint density at radius 3 is 2.76 bits per heavy atom. The lowest BCUT2D eigenvalue weighted by molar-refractivity contribution is -0.124. The van der Waals surface area contributed by atoms with Crippen molar-refractivity contribution in [2.45, 2.75) is 36.3 Å². The Kier molecular flexibility index (Phi) is 4.23. The second-order valence-electron chi connectivity index (χ2n) is 6.16. The van der Waals surface area contributed by atoms with Gasteiger partial charge in [0.1, 0.15) is 5.60 Å². The number of benzene rings is 1. The van der Waals surface area contributed by atoms with Gasteiger partial charge in [-0.1, -0.05) is 29.3 Å². The molecule has 1 aliphatic carbocycles. The van der Waals surface area contributed by atoms with Crippen LogP contribution in [0.3, 0.4) is 0 Å². The molecule has 0 aromatic heterocycles. The van der Waals surface area contributed by atoms with Crippen molar-refractivity contribution < 1.29 is 9.47 Å². The van der Waals surface area contributed by atoms with Gasteiger partial charge in [0.25, 0.3) is 0 Å². The molecule has 5 heteroatoms. The van der Waals surface area contributed by atoms with E-state index in [-0.39, 0.29) is 11.0 Å². The first-order valence-electron chi connectivity index (χ1n) is 7.30. The maximum Gasteiger partial charge on any atom is 0.113 e. The highest BCUT2D eigenvalue weighted by atomic mass is 35.5. The Balaban J connectivity index is 2.10. The highest BCUT2D eigenvalue weighted by Crippen LogP contribution is 2.53. The van der Waals surface area contributed by atoms with E-state index >= 15 is 0 Å². The monoisotopic (exact) mass is 329 g/mol. The molecule has 2 bridgehead atoms. The van der Waals surface area contributed by atoms with Gasteiger partial charge in [0.15, 0.2) is 0 Å². The van der Waals surface area contributed by atoms with Crippen LogP contribution >= 0.6 is 23.2 Å². The van der Waals surface area contributed by atoms with E-state index in [2.05, 4.69) is 11.4 Å². The van der Waals surface area contributed by atoms with Gasteiger partial charge in [-0.2, -0.15) is 0 Å². The maximum absolute atomic E-state index is 6.26. The van der Waals surface area contributed by atoms with Crippen molar-refractivity contribution >= 4 is 23.2 Å². The summed E-state index contributed by atoms with van der Waals surface area (Å²) in [7, 11) is 3.50. The molecule has 1 aromatic carbocycles. The Hall–Kier alpha value is -0.320. The third-order valence-corrected chi connectivity index (χ3v) is 6.04. The molecule has 116 valence electrons. The molecule has 1 saturated carbocycles. The molecular weight excluding hydrogens is 309 g/mol. The van der Waals surface area contributed by atoms with Crippen LogP contribution in [0, 0.1) is 0 Å². The fourth-order valence-electron chi connectivity index (χ4n) is 4.18. The van der Waals surface area contributed by atoms with Crippen molar-refractivity contribution in [2.24, 2.45) is 0 Å². The second kappa shape index (κ2) is 5.71. The number of methoxy groups -OCH3 is 2. The van der Waals surface area contributed by atoms with Crippen LogP contribution in [0.15, 0.2) is 18.2 Å². The van der Waals surface area contributed by atoms with Crippen LogP contribution in [0.25, 0.3) is 0 Å². The topological polar surface area (TPSA) is 30.5 Å². The first-order valence-corrected chi connectivity index (χ1v) is 8.05. The molecule has 0 amide bonds. The van der Waals surface area contributed by atoms with E-state index in [0.717, 1.165) is 25.8 Å². The summed E-state index contributed by atoms with van der Waals surface area (Å²) in [4.78, 5) is 0. The Morgan fingerprint density at radius 2 is 2.10 bits per heavy atom. The van der Waals surface area contributed by atoms with Crippen LogP contribution in [0.4, 0.5) is 0 Å². The zero-order chi connectivity index (χ0) is 15.1. The molecule has 2 aliphatic rings. The highest BCUT2D eigenvalue weighted by molar-refractivity contribution is 6.42. The first kappa shape index (κ1) is 15.6. The highest BCUT2D eigenvalue weighted by Gasteiger charge is 2.59. The van der Waals surface area contributed by atoms with Crippen LogP contribution in [-0.2, 0) is 14.9 Å². The van der Waals surface area contributed by atoms with E-state index in [0.29, 0.717) is 22.7 Å². The summed E-state index contributed by atoms with van der Waals surface area (Å²) in [5.74, 6) is 0. The van der Waals surface area contributed by atoms with Gasteiger partial charge in [-0.15, -0.1) is 0 Å². The number of rotatable bonds is 4. The van der Waals surface area contributed by atoms with Gasteiger partial charge >= 0.3 is 0 Å². The van der Waals surface area contributed by atoms with Gasteiger partial charge < -0.3 is 14.8 Å². The summed E-state index contributed by atoms with van der Waals surface area (Å²) in [5, 5.41) is 4.79. The van der Waals surface area contributed by atoms with Crippen molar-refractivity contribution in [3.8, 4) is 0 Å². The van der Waals surface area contributed by atoms with Gasteiger partial charge in [-0.05, 0) is 37.0 Å². The smallest absolute Gasteiger partial charge is 0.113 e. The lowest BCUT2D eigenvalue weighted by Crippen LogP contribution is -2.64. The molecular formula is C16H21Cl2NO2. The number of ether oxygens (including phenoxy) is 2. The molecule has 3 nitrogen and oxygen atoms in total. The van der Waals surface area contributed by atoms with E-state index in [1.54, 1.807) is 14.2 Å². The Labute approximate surface area is 135 Å². The van der Waals surface area contributed by atoms with Crippen LogP contribution in [-0.4, -0.2) is 39.0 Å². The summed E-state index contributed by atoms with van der Waals surface area (Å²) < 4.78 is 11.5. The van der Waals surface area contributed by atoms with E-state index < -0.39 is 0 Å². The molecule has 1 N–H and O–H groups in total. The van der Waals surface area contributed by atoms with E-state index in [9.17, 15) is 0 Å². The first-order chi connectivity index (χ1) is 10.1. The minimum Gasteiger partial charge on any atom is -0.382 e. The molecule has 1 heterocycles. The minimum atomic E-state index is -0.369. The van der Waals surface area contributed by atoms with Crippen molar-refractivity contribution in [3.63, 3.8) is 0 Å². The Bertz CT molecular complexity index is 539. The zero-order valence-electron chi connectivity index (χ0n) is 12.4. The predicted molar refractivity (Wildman–Crippen MR) is 85.4 cm³/mol. The van der Waals surface area contributed by atoms with Gasteiger partial charge in [0, 0.05) is 32.2 Å². The summed E-state index contributed by atoms with van der Waals surface area (Å²) >= 11 is 12.3. The summed E-state index contributed by atoms with van der Waals surface area (Å²) in [6.45, 7) is 1.35. The standard InChI is InChI=1S/C16H21Cl2NO2/c1-20-10-16(21-2)9-19-12-5-6-15(16,8-12)11-3-4-13(17)14(18)7-11/h3-4,7,12,19H,5-6,8-10H2,1-2H3/t12-,15-,16-/m1/s1. The summed E-state index contributed by atoms with van der Waals surface area (Å²) in [5.41, 5.74) is 0.771. The number of fused-ring (bicyclic) bond motifs is 2. The lowest BCUT2D eigenvalue weighted by atomic mass is 9.64. The van der Waals surface area contributed by atoms with Crippen molar-refractivity contribution in [2.75, 3.05) is 27.4 Å². The molecule has 21 heavy (non-hydrogen) atoms. The molecule has 1 aliphatic heterocycles. The third-order valence-electron chi connectivity index (χ3n) is 5.30. The molecule has 3 rings (SSSR count). The van der Waals surface area contributed by atoms with Crippen LogP contribution in [0.2, 0.25) is 10.0 Å². The minimum absolute atomic E-state index is 0.0676. The average molecular weight is 330 g/mol. The number of hydrogen-bond acceptors (Lipinski definition) is 3. The second-order valence-corrected chi connectivity index (χ2v) is 6.98. The number of hydrogen-bond donors (Lipinski definition) is 1. The van der Waals surface area contributed by atoms with E-state index in [1.165, 1.54) is 5.56 Å².